The van der Waals surface area contributed by atoms with Gasteiger partial charge in [-0.2, -0.15) is 0 Å². The van der Waals surface area contributed by atoms with Gasteiger partial charge in [-0.3, -0.25) is 4.79 Å². The molecular formula is C26H41IO4. The van der Waals surface area contributed by atoms with Crippen LogP contribution in [0, 0.1) is 3.57 Å². The van der Waals surface area contributed by atoms with E-state index < -0.39 is 25.8 Å². The van der Waals surface area contributed by atoms with Crippen molar-refractivity contribution >= 4 is 25.8 Å². The van der Waals surface area contributed by atoms with Gasteiger partial charge in [0.05, 0.1) is 9.99 Å². The fraction of sp³-hybridized carbons (Fsp3) is 0.654. The molecule has 0 heterocycles. The van der Waals surface area contributed by atoms with Crippen LogP contribution < -0.4 is 0 Å². The second kappa shape index (κ2) is 18.3. The quantitative estimate of drug-likeness (QED) is 0.108. The zero-order chi connectivity index (χ0) is 22.7. The third-order valence-electron chi connectivity index (χ3n) is 5.60. The average Bonchev–Trinajstić information content (AvgIpc) is 2.73. The molecule has 1 rings (SSSR count). The zero-order valence-corrected chi connectivity index (χ0v) is 21.4. The smallest absolute Gasteiger partial charge is 0.341 e. The van der Waals surface area contributed by atoms with Gasteiger partial charge in [-0.25, -0.2) is 6.14 Å². The highest BCUT2D eigenvalue weighted by molar-refractivity contribution is 14.2. The van der Waals surface area contributed by atoms with Crippen molar-refractivity contribution in [2.24, 2.45) is 0 Å². The first kappa shape index (κ1) is 27.8. The van der Waals surface area contributed by atoms with Crippen LogP contribution in [0.4, 0.5) is 0 Å². The van der Waals surface area contributed by atoms with Crippen molar-refractivity contribution in [1.29, 1.82) is 0 Å². The van der Waals surface area contributed by atoms with Crippen LogP contribution in [0.25, 0.3) is 0 Å². The summed E-state index contributed by atoms with van der Waals surface area (Å²) in [6.45, 7) is 2.26. The van der Waals surface area contributed by atoms with E-state index in [0.717, 1.165) is 31.2 Å². The topological polar surface area (TPSA) is 71.4 Å². The van der Waals surface area contributed by atoms with Crippen LogP contribution in [0.1, 0.15) is 108 Å². The Kier molecular flexibility index (Phi) is 16.4. The average molecular weight is 545 g/mol. The molecule has 1 aromatic rings. The van der Waals surface area contributed by atoms with Crippen LogP contribution in [0.15, 0.2) is 30.4 Å². The molecule has 4 nitrogen and oxygen atoms in total. The van der Waals surface area contributed by atoms with Crippen molar-refractivity contribution in [2.45, 2.75) is 110 Å². The van der Waals surface area contributed by atoms with E-state index in [9.17, 15) is 10.9 Å². The summed E-state index contributed by atoms with van der Waals surface area (Å²) in [5.41, 5.74) is 1.46. The maximum atomic E-state index is 11.4. The van der Waals surface area contributed by atoms with E-state index >= 15 is 0 Å². The lowest BCUT2D eigenvalue weighted by atomic mass is 10.0. The molecule has 5 heteroatoms. The lowest BCUT2D eigenvalue weighted by Crippen LogP contribution is -2.03. The van der Waals surface area contributed by atoms with Gasteiger partial charge < -0.3 is 5.11 Å². The maximum absolute atomic E-state index is 11.4. The monoisotopic (exact) mass is 544 g/mol. The van der Waals surface area contributed by atoms with Gasteiger partial charge in [0.25, 0.3) is 0 Å². The molecule has 0 aliphatic carbocycles. The predicted octanol–water partition coefficient (Wildman–Crippen LogP) is 8.26. The van der Waals surface area contributed by atoms with Crippen LogP contribution in [-0.4, -0.2) is 11.1 Å². The van der Waals surface area contributed by atoms with Crippen molar-refractivity contribution in [3.05, 3.63) is 45.0 Å². The van der Waals surface area contributed by atoms with Crippen LogP contribution >= 0.6 is 19.8 Å². The van der Waals surface area contributed by atoms with Crippen molar-refractivity contribution in [3.63, 3.8) is 0 Å². The number of carbonyl (C=O) groups is 1. The molecule has 0 atom stereocenters. The molecule has 0 aromatic heterocycles. The summed E-state index contributed by atoms with van der Waals surface area (Å²) in [5, 5.41) is 9.00. The Morgan fingerprint density at radius 1 is 0.839 bits per heavy atom. The Morgan fingerprint density at radius 2 is 1.39 bits per heavy atom. The van der Waals surface area contributed by atoms with Gasteiger partial charge in [-0.1, -0.05) is 89.0 Å². The van der Waals surface area contributed by atoms with Crippen molar-refractivity contribution < 1.29 is 16.0 Å². The number of carboxylic acid groups (broad SMARTS) is 1. The Bertz CT molecular complexity index is 714. The van der Waals surface area contributed by atoms with E-state index in [1.54, 1.807) is 12.1 Å². The van der Waals surface area contributed by atoms with E-state index in [1.165, 1.54) is 70.6 Å². The lowest BCUT2D eigenvalue weighted by molar-refractivity contribution is -0.136. The Labute approximate surface area is 196 Å². The summed E-state index contributed by atoms with van der Waals surface area (Å²) in [7, 11) is 0. The van der Waals surface area contributed by atoms with Gasteiger partial charge in [0.2, 0.25) is 0 Å². The minimum absolute atomic E-state index is 0.217. The van der Waals surface area contributed by atoms with Crippen LogP contribution in [0.3, 0.4) is 0 Å². The molecule has 0 aliphatic heterocycles. The molecule has 0 saturated heterocycles. The van der Waals surface area contributed by atoms with Gasteiger partial charge in [0.1, 0.15) is 0 Å². The minimum atomic E-state index is -3.66. The van der Waals surface area contributed by atoms with Gasteiger partial charge in [-0.05, 0) is 55.7 Å². The summed E-state index contributed by atoms with van der Waals surface area (Å²) in [6.07, 6.45) is 23.2. The van der Waals surface area contributed by atoms with Crippen molar-refractivity contribution in [1.82, 2.24) is 0 Å². The Balaban J connectivity index is 2.08. The lowest BCUT2D eigenvalue weighted by Gasteiger charge is -2.06. The number of benzene rings is 1. The third kappa shape index (κ3) is 14.4. The molecule has 0 unspecified atom stereocenters. The van der Waals surface area contributed by atoms with E-state index in [-0.39, 0.29) is 9.99 Å². The summed E-state index contributed by atoms with van der Waals surface area (Å²) >= 11 is -3.66. The van der Waals surface area contributed by atoms with E-state index in [1.807, 2.05) is 6.07 Å². The third-order valence-corrected chi connectivity index (χ3v) is 7.60. The minimum Gasteiger partial charge on any atom is -0.481 e. The van der Waals surface area contributed by atoms with E-state index in [4.69, 9.17) is 5.11 Å². The molecule has 1 aromatic carbocycles. The number of rotatable bonds is 19. The number of aliphatic carboxylic acids is 1. The highest BCUT2D eigenvalue weighted by Gasteiger charge is 2.11. The molecule has 0 spiro atoms. The van der Waals surface area contributed by atoms with Crippen molar-refractivity contribution in [2.75, 3.05) is 0 Å². The fourth-order valence-corrected chi connectivity index (χ4v) is 5.19. The molecule has 0 saturated carbocycles. The number of hydrogen-bond donors (Lipinski definition) is 1. The summed E-state index contributed by atoms with van der Waals surface area (Å²) in [4.78, 5) is 11.0. The second-order valence-corrected chi connectivity index (χ2v) is 10.8. The van der Waals surface area contributed by atoms with Crippen LogP contribution in [0.5, 0.6) is 0 Å². The molecule has 1 N–H and O–H groups in total. The number of aryl methyl sites for hydroxylation is 1. The SMILES string of the molecule is CCCCCCCCCC/C=C/CCCCCCc1ccc(I(=O)=O)c(CC(=O)O)c1. The molecule has 31 heavy (non-hydrogen) atoms. The fourth-order valence-electron chi connectivity index (χ4n) is 3.81. The van der Waals surface area contributed by atoms with E-state index in [0.29, 0.717) is 5.56 Å². The zero-order valence-electron chi connectivity index (χ0n) is 19.3. The van der Waals surface area contributed by atoms with Crippen LogP contribution in [0.2, 0.25) is 0 Å². The largest absolute Gasteiger partial charge is 0.481 e. The van der Waals surface area contributed by atoms with E-state index in [2.05, 4.69) is 19.1 Å². The molecule has 0 amide bonds. The highest BCUT2D eigenvalue weighted by atomic mass is 127. The normalized spacial score (nSPS) is 11.5. The molecule has 0 aliphatic rings. The van der Waals surface area contributed by atoms with Crippen LogP contribution in [-0.2, 0) is 23.8 Å². The number of carboxylic acids is 1. The molecule has 176 valence electrons. The Hall–Kier alpha value is -1.24. The summed E-state index contributed by atoms with van der Waals surface area (Å²) < 4.78 is 22.9. The molecular weight excluding hydrogens is 503 g/mol. The molecule has 0 radical (unpaired) electrons. The van der Waals surface area contributed by atoms with Gasteiger partial charge >= 0.3 is 25.8 Å². The summed E-state index contributed by atoms with van der Waals surface area (Å²) in [6, 6.07) is 5.17. The van der Waals surface area contributed by atoms with Crippen molar-refractivity contribution in [3.8, 4) is 0 Å². The Morgan fingerprint density at radius 3 is 1.94 bits per heavy atom. The first-order valence-corrected chi connectivity index (χ1v) is 14.9. The second-order valence-electron chi connectivity index (χ2n) is 8.40. The predicted molar refractivity (Wildman–Crippen MR) is 135 cm³/mol. The van der Waals surface area contributed by atoms with Gasteiger partial charge in [0, 0.05) is 0 Å². The number of hydrogen-bond acceptors (Lipinski definition) is 3. The number of unbranched alkanes of at least 4 members (excludes halogenated alkanes) is 12. The first-order chi connectivity index (χ1) is 15.0. The van der Waals surface area contributed by atoms with Gasteiger partial charge in [0.15, 0.2) is 0 Å². The first-order valence-electron chi connectivity index (χ1n) is 12.1. The highest BCUT2D eigenvalue weighted by Crippen LogP contribution is 2.24. The molecule has 0 bridgehead atoms. The summed E-state index contributed by atoms with van der Waals surface area (Å²) in [5.74, 6) is -0.994. The number of allylic oxidation sites excluding steroid dienone is 2. The standard InChI is InChI=1S/C26H41IO4/c1-2-3-4-5-6-7-8-9-10-11-12-13-14-15-16-17-18-23-19-20-25(27(30)31)24(21-23)22-26(28)29/h11-12,19-21H,2-10,13-18,22H2,1H3,(H,28,29)/b12-11+. The maximum Gasteiger partial charge on any atom is 0.341 e. The molecule has 0 fully saturated rings. The number of halogens is 1. The van der Waals surface area contributed by atoms with Gasteiger partial charge in [-0.15, -0.1) is 0 Å².